The molecular formula is C25H28FN3O3. The van der Waals surface area contributed by atoms with Crippen molar-refractivity contribution in [2.75, 3.05) is 13.7 Å². The molecule has 0 aliphatic heterocycles. The first-order valence-electron chi connectivity index (χ1n) is 11.0. The Bertz CT molecular complexity index is 1080. The van der Waals surface area contributed by atoms with Crippen LogP contribution in [0, 0.1) is 11.7 Å². The number of hydrogen-bond acceptors (Lipinski definition) is 4. The van der Waals surface area contributed by atoms with E-state index >= 15 is 4.39 Å². The van der Waals surface area contributed by atoms with Crippen molar-refractivity contribution >= 4 is 5.91 Å². The van der Waals surface area contributed by atoms with Crippen LogP contribution in [0.15, 0.2) is 48.5 Å². The smallest absolute Gasteiger partial charge is 0.255 e. The van der Waals surface area contributed by atoms with Crippen molar-refractivity contribution in [1.29, 1.82) is 0 Å². The number of carbonyl (C=O) groups excluding carboxylic acids is 1. The summed E-state index contributed by atoms with van der Waals surface area (Å²) in [5.74, 6) is -0.329. The molecule has 1 aliphatic rings. The standard InChI is InChI=1S/C25H28FN3O3/c1-31-20-14-8-13-19(23(20)26)22-24(18-11-6-3-7-12-18)29(15-17-9-4-2-5-10-17)28-25(22)32-16-21(27)30/h3,6-8,11-14,17H,2,4-5,9-10,15-16H2,1H3,(H2,27,30). The molecule has 1 aliphatic carbocycles. The molecule has 3 aromatic rings. The molecular weight excluding hydrogens is 409 g/mol. The monoisotopic (exact) mass is 437 g/mol. The number of nitrogens with zero attached hydrogens (tertiary/aromatic N) is 2. The predicted molar refractivity (Wildman–Crippen MR) is 121 cm³/mol. The van der Waals surface area contributed by atoms with Gasteiger partial charge in [-0.1, -0.05) is 61.7 Å². The molecule has 1 fully saturated rings. The van der Waals surface area contributed by atoms with Crippen LogP contribution in [0.2, 0.25) is 0 Å². The predicted octanol–water partition coefficient (Wildman–Crippen LogP) is 4.81. The van der Waals surface area contributed by atoms with Crippen LogP contribution in [0.1, 0.15) is 32.1 Å². The Balaban J connectivity index is 1.91. The average Bonchev–Trinajstić information content (AvgIpc) is 3.16. The molecule has 4 rings (SSSR count). The first kappa shape index (κ1) is 21.9. The minimum Gasteiger partial charge on any atom is -0.494 e. The summed E-state index contributed by atoms with van der Waals surface area (Å²) in [6.07, 6.45) is 5.93. The summed E-state index contributed by atoms with van der Waals surface area (Å²) < 4.78 is 28.2. The van der Waals surface area contributed by atoms with Gasteiger partial charge in [-0.05, 0) is 24.8 Å². The molecule has 7 heteroatoms. The summed E-state index contributed by atoms with van der Waals surface area (Å²) in [6, 6.07) is 14.7. The molecule has 0 radical (unpaired) electrons. The van der Waals surface area contributed by atoms with Crippen molar-refractivity contribution in [1.82, 2.24) is 9.78 Å². The summed E-state index contributed by atoms with van der Waals surface area (Å²) in [4.78, 5) is 11.4. The molecule has 1 amide bonds. The molecule has 32 heavy (non-hydrogen) atoms. The zero-order valence-electron chi connectivity index (χ0n) is 18.2. The SMILES string of the molecule is COc1cccc(-c2c(OCC(N)=O)nn(CC3CCCCC3)c2-c2ccccc2)c1F. The number of ether oxygens (including phenoxy) is 2. The fraction of sp³-hybridized carbons (Fsp3) is 0.360. The number of methoxy groups -OCH3 is 1. The molecule has 1 aromatic heterocycles. The average molecular weight is 438 g/mol. The van der Waals surface area contributed by atoms with Gasteiger partial charge in [0.05, 0.1) is 18.4 Å². The van der Waals surface area contributed by atoms with Crippen LogP contribution in [0.25, 0.3) is 22.4 Å². The van der Waals surface area contributed by atoms with Crippen LogP contribution < -0.4 is 15.2 Å². The van der Waals surface area contributed by atoms with Gasteiger partial charge in [-0.15, -0.1) is 5.10 Å². The number of primary amides is 1. The van der Waals surface area contributed by atoms with Crippen LogP contribution >= 0.6 is 0 Å². The highest BCUT2D eigenvalue weighted by atomic mass is 19.1. The number of benzene rings is 2. The number of aromatic nitrogens is 2. The third-order valence-corrected chi connectivity index (χ3v) is 5.93. The molecule has 2 aromatic carbocycles. The number of nitrogens with two attached hydrogens (primary N) is 1. The molecule has 2 N–H and O–H groups in total. The number of rotatable bonds is 8. The fourth-order valence-corrected chi connectivity index (χ4v) is 4.42. The van der Waals surface area contributed by atoms with E-state index in [1.54, 1.807) is 18.2 Å². The van der Waals surface area contributed by atoms with Crippen molar-refractivity contribution < 1.29 is 18.7 Å². The van der Waals surface area contributed by atoms with Crippen molar-refractivity contribution in [3.63, 3.8) is 0 Å². The van der Waals surface area contributed by atoms with Crippen molar-refractivity contribution in [3.05, 3.63) is 54.3 Å². The maximum Gasteiger partial charge on any atom is 0.255 e. The van der Waals surface area contributed by atoms with Gasteiger partial charge in [0, 0.05) is 17.7 Å². The highest BCUT2D eigenvalue weighted by molar-refractivity contribution is 5.86. The van der Waals surface area contributed by atoms with E-state index < -0.39 is 11.7 Å². The fourth-order valence-electron chi connectivity index (χ4n) is 4.42. The largest absolute Gasteiger partial charge is 0.494 e. The Kier molecular flexibility index (Phi) is 6.73. The molecule has 0 bridgehead atoms. The molecule has 0 unspecified atom stereocenters. The number of halogens is 1. The molecule has 0 spiro atoms. The highest BCUT2D eigenvalue weighted by Gasteiger charge is 2.27. The summed E-state index contributed by atoms with van der Waals surface area (Å²) in [5.41, 5.74) is 7.75. The van der Waals surface area contributed by atoms with Crippen LogP contribution in [-0.2, 0) is 11.3 Å². The topological polar surface area (TPSA) is 79.4 Å². The van der Waals surface area contributed by atoms with Crippen LogP contribution in [0.5, 0.6) is 11.6 Å². The normalized spacial score (nSPS) is 14.3. The molecule has 6 nitrogen and oxygen atoms in total. The highest BCUT2D eigenvalue weighted by Crippen LogP contribution is 2.43. The lowest BCUT2D eigenvalue weighted by Crippen LogP contribution is -2.20. The second kappa shape index (κ2) is 9.85. The van der Waals surface area contributed by atoms with Gasteiger partial charge in [-0.2, -0.15) is 0 Å². The maximum absolute atomic E-state index is 15.4. The Hall–Kier alpha value is -3.35. The van der Waals surface area contributed by atoms with Crippen molar-refractivity contribution in [3.8, 4) is 34.0 Å². The summed E-state index contributed by atoms with van der Waals surface area (Å²) >= 11 is 0. The molecule has 1 heterocycles. The van der Waals surface area contributed by atoms with E-state index in [1.807, 2.05) is 35.0 Å². The van der Waals surface area contributed by atoms with Gasteiger partial charge in [-0.3, -0.25) is 9.48 Å². The third-order valence-electron chi connectivity index (χ3n) is 5.93. The number of hydrogen-bond donors (Lipinski definition) is 1. The van der Waals surface area contributed by atoms with Crippen molar-refractivity contribution in [2.45, 2.75) is 38.6 Å². The van der Waals surface area contributed by atoms with Gasteiger partial charge in [-0.25, -0.2) is 4.39 Å². The lowest BCUT2D eigenvalue weighted by molar-refractivity contribution is -0.120. The van der Waals surface area contributed by atoms with Gasteiger partial charge in [0.1, 0.15) is 0 Å². The van der Waals surface area contributed by atoms with E-state index in [2.05, 4.69) is 0 Å². The third kappa shape index (κ3) is 4.61. The molecule has 1 saturated carbocycles. The Morgan fingerprint density at radius 1 is 1.12 bits per heavy atom. The Morgan fingerprint density at radius 3 is 2.56 bits per heavy atom. The second-order valence-electron chi connectivity index (χ2n) is 8.16. The maximum atomic E-state index is 15.4. The molecule has 0 atom stereocenters. The van der Waals surface area contributed by atoms with E-state index in [0.717, 1.165) is 24.1 Å². The van der Waals surface area contributed by atoms with Gasteiger partial charge >= 0.3 is 0 Å². The summed E-state index contributed by atoms with van der Waals surface area (Å²) in [7, 11) is 1.43. The number of carbonyl (C=O) groups is 1. The van der Waals surface area contributed by atoms with E-state index in [9.17, 15) is 4.79 Å². The number of amides is 1. The zero-order valence-corrected chi connectivity index (χ0v) is 18.2. The van der Waals surface area contributed by atoms with E-state index in [0.29, 0.717) is 23.6 Å². The Morgan fingerprint density at radius 2 is 1.88 bits per heavy atom. The van der Waals surface area contributed by atoms with E-state index in [1.165, 1.54) is 26.4 Å². The van der Waals surface area contributed by atoms with Gasteiger partial charge in [0.2, 0.25) is 5.88 Å². The Labute approximate surface area is 187 Å². The van der Waals surface area contributed by atoms with E-state index in [4.69, 9.17) is 20.3 Å². The summed E-state index contributed by atoms with van der Waals surface area (Å²) in [5, 5.41) is 4.70. The first-order valence-corrected chi connectivity index (χ1v) is 11.0. The second-order valence-corrected chi connectivity index (χ2v) is 8.16. The van der Waals surface area contributed by atoms with E-state index in [-0.39, 0.29) is 18.2 Å². The summed E-state index contributed by atoms with van der Waals surface area (Å²) in [6.45, 7) is 0.357. The molecule has 0 saturated heterocycles. The lowest BCUT2D eigenvalue weighted by Gasteiger charge is -2.22. The van der Waals surface area contributed by atoms with Crippen molar-refractivity contribution in [2.24, 2.45) is 11.7 Å². The lowest BCUT2D eigenvalue weighted by atomic mass is 9.89. The minimum atomic E-state index is -0.620. The zero-order chi connectivity index (χ0) is 22.5. The van der Waals surface area contributed by atoms with Gasteiger partial charge < -0.3 is 15.2 Å². The van der Waals surface area contributed by atoms with Gasteiger partial charge in [0.15, 0.2) is 18.2 Å². The van der Waals surface area contributed by atoms with Crippen LogP contribution in [-0.4, -0.2) is 29.4 Å². The van der Waals surface area contributed by atoms with Crippen LogP contribution in [0.3, 0.4) is 0 Å². The van der Waals surface area contributed by atoms with Gasteiger partial charge in [0.25, 0.3) is 5.91 Å². The molecule has 168 valence electrons. The minimum absolute atomic E-state index is 0.127. The first-order chi connectivity index (χ1) is 15.6. The quantitative estimate of drug-likeness (QED) is 0.549. The van der Waals surface area contributed by atoms with Crippen LogP contribution in [0.4, 0.5) is 4.39 Å².